The van der Waals surface area contributed by atoms with Crippen molar-refractivity contribution in [3.8, 4) is 11.1 Å². The molecule has 0 saturated heterocycles. The molecule has 0 radical (unpaired) electrons. The second-order valence-electron chi connectivity index (χ2n) is 7.91. The predicted octanol–water partition coefficient (Wildman–Crippen LogP) is 5.79. The topological polar surface area (TPSA) is 22.0 Å². The number of rotatable bonds is 6. The molecule has 3 aromatic rings. The molecule has 0 saturated carbocycles. The Morgan fingerprint density at radius 2 is 1.61 bits per heavy atom. The van der Waals surface area contributed by atoms with Gasteiger partial charge in [0.25, 0.3) is 0 Å². The number of pyridine rings is 1. The molecule has 2 aromatic carbocycles. The summed E-state index contributed by atoms with van der Waals surface area (Å²) < 4.78 is 2.36. The van der Waals surface area contributed by atoms with Gasteiger partial charge >= 0.3 is 0 Å². The van der Waals surface area contributed by atoms with Crippen molar-refractivity contribution < 1.29 is 0 Å². The molecule has 0 amide bonds. The zero-order valence-corrected chi connectivity index (χ0v) is 16.8. The van der Waals surface area contributed by atoms with E-state index in [2.05, 4.69) is 66.2 Å². The van der Waals surface area contributed by atoms with Crippen LogP contribution in [-0.2, 0) is 25.8 Å². The molecule has 0 unspecified atom stereocenters. The fourth-order valence-corrected chi connectivity index (χ4v) is 4.29. The van der Waals surface area contributed by atoms with E-state index in [9.17, 15) is 4.79 Å². The van der Waals surface area contributed by atoms with Crippen LogP contribution >= 0.6 is 0 Å². The highest BCUT2D eigenvalue weighted by atomic mass is 16.1. The fraction of sp³-hybridized carbons (Fsp3) is 0.346. The lowest BCUT2D eigenvalue weighted by Gasteiger charge is -2.23. The van der Waals surface area contributed by atoms with Crippen LogP contribution < -0.4 is 5.43 Å². The van der Waals surface area contributed by atoms with Gasteiger partial charge in [-0.1, -0.05) is 67.9 Å². The smallest absolute Gasteiger partial charge is 0.188 e. The second-order valence-corrected chi connectivity index (χ2v) is 7.91. The van der Waals surface area contributed by atoms with E-state index in [0.717, 1.165) is 56.2 Å². The van der Waals surface area contributed by atoms with E-state index in [1.807, 2.05) is 6.07 Å². The molecule has 0 bridgehead atoms. The highest BCUT2D eigenvalue weighted by molar-refractivity contribution is 5.63. The maximum Gasteiger partial charge on any atom is 0.188 e. The second kappa shape index (κ2) is 8.60. The van der Waals surface area contributed by atoms with Crippen molar-refractivity contribution in [2.24, 2.45) is 0 Å². The summed E-state index contributed by atoms with van der Waals surface area (Å²) in [6, 6.07) is 19.4. The summed E-state index contributed by atoms with van der Waals surface area (Å²) in [5, 5.41) is 0. The number of benzene rings is 2. The zero-order valence-electron chi connectivity index (χ0n) is 16.8. The van der Waals surface area contributed by atoms with Gasteiger partial charge in [0.05, 0.1) is 0 Å². The molecule has 28 heavy (non-hydrogen) atoms. The van der Waals surface area contributed by atoms with Crippen molar-refractivity contribution in [2.45, 2.75) is 58.4 Å². The standard InChI is InChI=1S/C26H29NO/c1-2-3-9-23-19-27(25-13-8-7-12-24(25)26(23)28)18-20-14-16-22(17-15-20)21-10-5-4-6-11-21/h4-6,10-11,14-17,19H,2-3,7-9,12-13,18H2,1H3. The quantitative estimate of drug-likeness (QED) is 0.538. The normalized spacial score (nSPS) is 13.3. The van der Waals surface area contributed by atoms with Crippen LogP contribution in [-0.4, -0.2) is 4.57 Å². The van der Waals surface area contributed by atoms with Crippen molar-refractivity contribution in [3.63, 3.8) is 0 Å². The number of hydrogen-bond acceptors (Lipinski definition) is 1. The van der Waals surface area contributed by atoms with Gasteiger partial charge in [-0.2, -0.15) is 0 Å². The fourth-order valence-electron chi connectivity index (χ4n) is 4.29. The monoisotopic (exact) mass is 371 g/mol. The summed E-state index contributed by atoms with van der Waals surface area (Å²) in [4.78, 5) is 12.9. The molecule has 0 spiro atoms. The summed E-state index contributed by atoms with van der Waals surface area (Å²) in [6.45, 7) is 3.03. The minimum atomic E-state index is 0.318. The van der Waals surface area contributed by atoms with Crippen LogP contribution in [0.5, 0.6) is 0 Å². The number of aromatic nitrogens is 1. The molecular formula is C26H29NO. The minimum absolute atomic E-state index is 0.318. The SMILES string of the molecule is CCCCc1cn(Cc2ccc(-c3ccccc3)cc2)c2c(c1=O)CCCC2. The Bertz CT molecular complexity index is 983. The first-order valence-electron chi connectivity index (χ1n) is 10.6. The first-order chi connectivity index (χ1) is 13.8. The van der Waals surface area contributed by atoms with Crippen LogP contribution in [0, 0.1) is 0 Å². The van der Waals surface area contributed by atoms with Gasteiger partial charge in [0.15, 0.2) is 5.43 Å². The molecule has 0 fully saturated rings. The van der Waals surface area contributed by atoms with E-state index >= 15 is 0 Å². The molecule has 1 aliphatic rings. The van der Waals surface area contributed by atoms with Gasteiger partial charge in [0, 0.05) is 29.6 Å². The van der Waals surface area contributed by atoms with Gasteiger partial charge < -0.3 is 4.57 Å². The summed E-state index contributed by atoms with van der Waals surface area (Å²) >= 11 is 0. The van der Waals surface area contributed by atoms with Gasteiger partial charge in [-0.25, -0.2) is 0 Å². The van der Waals surface area contributed by atoms with E-state index in [1.54, 1.807) is 0 Å². The first kappa shape index (κ1) is 18.7. The van der Waals surface area contributed by atoms with E-state index in [-0.39, 0.29) is 0 Å². The Kier molecular flexibility index (Phi) is 5.76. The van der Waals surface area contributed by atoms with Crippen molar-refractivity contribution in [1.29, 1.82) is 0 Å². The van der Waals surface area contributed by atoms with Crippen molar-refractivity contribution >= 4 is 0 Å². The summed E-state index contributed by atoms with van der Waals surface area (Å²) in [7, 11) is 0. The van der Waals surface area contributed by atoms with Crippen molar-refractivity contribution in [2.75, 3.05) is 0 Å². The van der Waals surface area contributed by atoms with Crippen LogP contribution in [0.4, 0.5) is 0 Å². The number of fused-ring (bicyclic) bond motifs is 1. The summed E-state index contributed by atoms with van der Waals surface area (Å²) in [5.74, 6) is 0. The van der Waals surface area contributed by atoms with Gasteiger partial charge in [0.1, 0.15) is 0 Å². The molecule has 1 aliphatic carbocycles. The average Bonchev–Trinajstić information content (AvgIpc) is 2.76. The van der Waals surface area contributed by atoms with Gasteiger partial charge in [0.2, 0.25) is 0 Å². The Labute approximate surface area is 167 Å². The predicted molar refractivity (Wildman–Crippen MR) is 117 cm³/mol. The number of hydrogen-bond donors (Lipinski definition) is 0. The Balaban J connectivity index is 1.64. The Hall–Kier alpha value is -2.61. The lowest BCUT2D eigenvalue weighted by Crippen LogP contribution is -2.26. The minimum Gasteiger partial charge on any atom is -0.346 e. The number of aryl methyl sites for hydroxylation is 1. The largest absolute Gasteiger partial charge is 0.346 e. The third kappa shape index (κ3) is 3.96. The zero-order chi connectivity index (χ0) is 19.3. The lowest BCUT2D eigenvalue weighted by molar-refractivity contribution is 0.601. The molecule has 0 N–H and O–H groups in total. The molecular weight excluding hydrogens is 342 g/mol. The third-order valence-corrected chi connectivity index (χ3v) is 5.88. The van der Waals surface area contributed by atoms with Crippen LogP contribution in [0.25, 0.3) is 11.1 Å². The number of unbranched alkanes of at least 4 members (excludes halogenated alkanes) is 1. The van der Waals surface area contributed by atoms with Gasteiger partial charge in [-0.3, -0.25) is 4.79 Å². The molecule has 1 aromatic heterocycles. The molecule has 2 heteroatoms. The van der Waals surface area contributed by atoms with E-state index in [1.165, 1.54) is 28.8 Å². The molecule has 2 nitrogen and oxygen atoms in total. The van der Waals surface area contributed by atoms with Crippen LogP contribution in [0.2, 0.25) is 0 Å². The Morgan fingerprint density at radius 1 is 0.893 bits per heavy atom. The summed E-state index contributed by atoms with van der Waals surface area (Å²) in [6.07, 6.45) is 9.56. The molecule has 144 valence electrons. The number of nitrogens with zero attached hydrogens (tertiary/aromatic N) is 1. The highest BCUT2D eigenvalue weighted by Crippen LogP contribution is 2.23. The van der Waals surface area contributed by atoms with Gasteiger partial charge in [-0.05, 0) is 55.2 Å². The van der Waals surface area contributed by atoms with E-state index in [0.29, 0.717) is 5.43 Å². The first-order valence-corrected chi connectivity index (χ1v) is 10.6. The van der Waals surface area contributed by atoms with Crippen LogP contribution in [0.15, 0.2) is 65.6 Å². The Morgan fingerprint density at radius 3 is 2.36 bits per heavy atom. The average molecular weight is 372 g/mol. The van der Waals surface area contributed by atoms with Crippen molar-refractivity contribution in [1.82, 2.24) is 4.57 Å². The molecule has 0 atom stereocenters. The summed E-state index contributed by atoms with van der Waals surface area (Å²) in [5.41, 5.74) is 7.45. The van der Waals surface area contributed by atoms with Gasteiger partial charge in [-0.15, -0.1) is 0 Å². The van der Waals surface area contributed by atoms with E-state index in [4.69, 9.17) is 0 Å². The molecule has 0 aliphatic heterocycles. The highest BCUT2D eigenvalue weighted by Gasteiger charge is 2.18. The lowest BCUT2D eigenvalue weighted by atomic mass is 9.92. The van der Waals surface area contributed by atoms with Crippen molar-refractivity contribution in [3.05, 3.63) is 93.4 Å². The maximum atomic E-state index is 12.9. The molecule has 4 rings (SSSR count). The van der Waals surface area contributed by atoms with Crippen LogP contribution in [0.3, 0.4) is 0 Å². The third-order valence-electron chi connectivity index (χ3n) is 5.88. The molecule has 1 heterocycles. The van der Waals surface area contributed by atoms with Crippen LogP contribution in [0.1, 0.15) is 55.0 Å². The van der Waals surface area contributed by atoms with E-state index < -0.39 is 0 Å². The maximum absolute atomic E-state index is 12.9.